The number of halogens is 1. The van der Waals surface area contributed by atoms with Crippen molar-refractivity contribution >= 4 is 11.3 Å². The van der Waals surface area contributed by atoms with E-state index in [1.165, 1.54) is 17.0 Å². The summed E-state index contributed by atoms with van der Waals surface area (Å²) < 4.78 is 12.7. The van der Waals surface area contributed by atoms with Crippen LogP contribution in [-0.2, 0) is 13.0 Å². The van der Waals surface area contributed by atoms with E-state index in [-0.39, 0.29) is 5.82 Å². The lowest BCUT2D eigenvalue weighted by Crippen LogP contribution is -2.16. The summed E-state index contributed by atoms with van der Waals surface area (Å²) in [5.74, 6) is -0.180. The maximum absolute atomic E-state index is 12.7. The molecule has 0 unspecified atom stereocenters. The molecule has 0 fully saturated rings. The highest BCUT2D eigenvalue weighted by Gasteiger charge is 2.02. The number of benzene rings is 1. The number of hydrogen-bond acceptors (Lipinski definition) is 3. The fourth-order valence-corrected chi connectivity index (χ4v) is 2.60. The van der Waals surface area contributed by atoms with Gasteiger partial charge < -0.3 is 5.32 Å². The van der Waals surface area contributed by atoms with Crippen LogP contribution in [-0.4, -0.2) is 11.5 Å². The zero-order valence-electron chi connectivity index (χ0n) is 10.7. The van der Waals surface area contributed by atoms with Gasteiger partial charge in [-0.15, -0.1) is 11.3 Å². The average molecular weight is 264 g/mol. The number of nitrogens with one attached hydrogen (secondary N) is 1. The third-order valence-corrected chi connectivity index (χ3v) is 3.93. The largest absolute Gasteiger partial charge is 0.310 e. The molecule has 0 amide bonds. The number of hydrogen-bond donors (Lipinski definition) is 1. The summed E-state index contributed by atoms with van der Waals surface area (Å²) in [5, 5.41) is 4.49. The van der Waals surface area contributed by atoms with Crippen LogP contribution in [0, 0.1) is 19.7 Å². The molecule has 1 heterocycles. The normalized spacial score (nSPS) is 10.8. The van der Waals surface area contributed by atoms with Gasteiger partial charge in [-0.3, -0.25) is 0 Å². The highest BCUT2D eigenvalue weighted by molar-refractivity contribution is 7.11. The maximum Gasteiger partial charge on any atom is 0.123 e. The number of nitrogens with zero attached hydrogens (tertiary/aromatic N) is 1. The van der Waals surface area contributed by atoms with E-state index in [2.05, 4.69) is 17.2 Å². The van der Waals surface area contributed by atoms with Crippen LogP contribution in [0.25, 0.3) is 0 Å². The van der Waals surface area contributed by atoms with Gasteiger partial charge in [0, 0.05) is 11.4 Å². The van der Waals surface area contributed by atoms with Crippen molar-refractivity contribution in [2.75, 3.05) is 6.54 Å². The fraction of sp³-hybridized carbons (Fsp3) is 0.357. The predicted molar refractivity (Wildman–Crippen MR) is 73.4 cm³/mol. The Labute approximate surface area is 111 Å². The van der Waals surface area contributed by atoms with Crippen molar-refractivity contribution < 1.29 is 4.39 Å². The monoisotopic (exact) mass is 264 g/mol. The molecule has 0 aliphatic carbocycles. The van der Waals surface area contributed by atoms with Gasteiger partial charge >= 0.3 is 0 Å². The van der Waals surface area contributed by atoms with E-state index in [0.717, 1.165) is 35.8 Å². The van der Waals surface area contributed by atoms with Crippen LogP contribution in [0.1, 0.15) is 21.1 Å². The first-order chi connectivity index (χ1) is 8.65. The molecule has 2 aromatic rings. The molecular formula is C14H17FN2S. The molecule has 0 atom stereocenters. The summed E-state index contributed by atoms with van der Waals surface area (Å²) >= 11 is 1.74. The molecule has 0 bridgehead atoms. The van der Waals surface area contributed by atoms with Crippen LogP contribution < -0.4 is 5.32 Å². The lowest BCUT2D eigenvalue weighted by Gasteiger charge is -2.03. The Kier molecular flexibility index (Phi) is 4.44. The fourth-order valence-electron chi connectivity index (χ4n) is 1.69. The Bertz CT molecular complexity index is 486. The molecule has 0 aliphatic heterocycles. The molecule has 2 nitrogen and oxygen atoms in total. The third kappa shape index (κ3) is 3.62. The van der Waals surface area contributed by atoms with E-state index in [1.807, 2.05) is 19.1 Å². The first-order valence-electron chi connectivity index (χ1n) is 6.03. The van der Waals surface area contributed by atoms with E-state index in [0.29, 0.717) is 0 Å². The van der Waals surface area contributed by atoms with Crippen molar-refractivity contribution in [3.8, 4) is 0 Å². The van der Waals surface area contributed by atoms with Crippen molar-refractivity contribution in [3.63, 3.8) is 0 Å². The van der Waals surface area contributed by atoms with Gasteiger partial charge in [0.1, 0.15) is 10.8 Å². The minimum absolute atomic E-state index is 0.180. The zero-order valence-corrected chi connectivity index (χ0v) is 11.5. The molecule has 0 saturated carbocycles. The lowest BCUT2D eigenvalue weighted by molar-refractivity contribution is 0.626. The molecule has 0 aliphatic rings. The van der Waals surface area contributed by atoms with Gasteiger partial charge in [0.25, 0.3) is 0 Å². The number of rotatable bonds is 5. The van der Waals surface area contributed by atoms with Gasteiger partial charge in [-0.25, -0.2) is 9.37 Å². The lowest BCUT2D eigenvalue weighted by atomic mass is 10.1. The molecule has 18 heavy (non-hydrogen) atoms. The number of thiazole rings is 1. The molecule has 4 heteroatoms. The Morgan fingerprint density at radius 2 is 1.94 bits per heavy atom. The Hall–Kier alpha value is -1.26. The van der Waals surface area contributed by atoms with Gasteiger partial charge in [-0.1, -0.05) is 12.1 Å². The highest BCUT2D eigenvalue weighted by atomic mass is 32.1. The van der Waals surface area contributed by atoms with Crippen LogP contribution >= 0.6 is 11.3 Å². The zero-order chi connectivity index (χ0) is 13.0. The molecule has 2 rings (SSSR count). The van der Waals surface area contributed by atoms with E-state index in [4.69, 9.17) is 0 Å². The Morgan fingerprint density at radius 1 is 1.22 bits per heavy atom. The molecule has 0 spiro atoms. The molecule has 1 N–H and O–H groups in total. The summed E-state index contributed by atoms with van der Waals surface area (Å²) in [6.07, 6.45) is 0.906. The summed E-state index contributed by atoms with van der Waals surface area (Å²) in [4.78, 5) is 5.76. The van der Waals surface area contributed by atoms with Crippen LogP contribution in [0.4, 0.5) is 4.39 Å². The maximum atomic E-state index is 12.7. The van der Waals surface area contributed by atoms with Crippen molar-refractivity contribution in [2.24, 2.45) is 0 Å². The Balaban J connectivity index is 1.74. The second kappa shape index (κ2) is 6.07. The summed E-state index contributed by atoms with van der Waals surface area (Å²) in [6.45, 7) is 5.81. The van der Waals surface area contributed by atoms with Crippen molar-refractivity contribution in [3.05, 3.63) is 51.2 Å². The summed E-state index contributed by atoms with van der Waals surface area (Å²) in [5.41, 5.74) is 2.27. The summed E-state index contributed by atoms with van der Waals surface area (Å²) in [6, 6.07) is 6.66. The highest BCUT2D eigenvalue weighted by Crippen LogP contribution is 2.15. The van der Waals surface area contributed by atoms with E-state index >= 15 is 0 Å². The van der Waals surface area contributed by atoms with Gasteiger partial charge in [0.05, 0.1) is 5.69 Å². The van der Waals surface area contributed by atoms with E-state index in [9.17, 15) is 4.39 Å². The first kappa shape index (κ1) is 13.2. The second-order valence-corrected chi connectivity index (χ2v) is 5.59. The van der Waals surface area contributed by atoms with E-state index in [1.54, 1.807) is 11.3 Å². The van der Waals surface area contributed by atoms with Crippen molar-refractivity contribution in [1.82, 2.24) is 10.3 Å². The molecular weight excluding hydrogens is 247 g/mol. The van der Waals surface area contributed by atoms with Crippen molar-refractivity contribution in [2.45, 2.75) is 26.8 Å². The number of aromatic nitrogens is 1. The van der Waals surface area contributed by atoms with E-state index < -0.39 is 0 Å². The smallest absolute Gasteiger partial charge is 0.123 e. The average Bonchev–Trinajstić information content (AvgIpc) is 2.67. The predicted octanol–water partition coefficient (Wildman–Crippen LogP) is 3.23. The molecule has 96 valence electrons. The summed E-state index contributed by atoms with van der Waals surface area (Å²) in [7, 11) is 0. The van der Waals surface area contributed by atoms with Gasteiger partial charge in [0.2, 0.25) is 0 Å². The minimum atomic E-state index is -0.180. The molecule has 0 radical (unpaired) electrons. The van der Waals surface area contributed by atoms with Crippen LogP contribution in [0.2, 0.25) is 0 Å². The standard InChI is InChI=1S/C14H17FN2S/c1-10-11(2)18-14(17-10)9-16-8-7-12-3-5-13(15)6-4-12/h3-6,16H,7-9H2,1-2H3. The SMILES string of the molecule is Cc1nc(CNCCc2ccc(F)cc2)sc1C. The third-order valence-electron chi connectivity index (χ3n) is 2.85. The number of aryl methyl sites for hydroxylation is 2. The van der Waals surface area contributed by atoms with Crippen LogP contribution in [0.5, 0.6) is 0 Å². The van der Waals surface area contributed by atoms with Gasteiger partial charge in [-0.2, -0.15) is 0 Å². The second-order valence-electron chi connectivity index (χ2n) is 4.30. The Morgan fingerprint density at radius 3 is 2.56 bits per heavy atom. The molecule has 1 aromatic heterocycles. The minimum Gasteiger partial charge on any atom is -0.310 e. The molecule has 0 saturated heterocycles. The quantitative estimate of drug-likeness (QED) is 0.839. The van der Waals surface area contributed by atoms with Gasteiger partial charge in [0.15, 0.2) is 0 Å². The molecule has 1 aromatic carbocycles. The van der Waals surface area contributed by atoms with Crippen LogP contribution in [0.15, 0.2) is 24.3 Å². The van der Waals surface area contributed by atoms with Crippen molar-refractivity contribution in [1.29, 1.82) is 0 Å². The van der Waals surface area contributed by atoms with Crippen LogP contribution in [0.3, 0.4) is 0 Å². The van der Waals surface area contributed by atoms with Gasteiger partial charge in [-0.05, 0) is 44.5 Å². The topological polar surface area (TPSA) is 24.9 Å². The first-order valence-corrected chi connectivity index (χ1v) is 6.85.